The van der Waals surface area contributed by atoms with Crippen LogP contribution in [0.25, 0.3) is 11.0 Å². The standard InChI is InChI=1S/C52H97N6O4PS4/c1-6-11-16-17-18-19-20-21-22-23-24-25-26-27-28-31-38-56(47-66-52(64)45-51(59-41-12-7-2)60-42-13-8-3)39-32-36-53-37-33-40-57(46-58-50-35-30-29-34-49(50)54-55-58)48-67-63(65,61-43-14-9-4)62-44-15-10-5/h29-30,34-35,45,53H,6-28,31-33,36-44,46-48H2,1-5H3. The zero-order chi connectivity index (χ0) is 48.3. The predicted molar refractivity (Wildman–Crippen MR) is 301 cm³/mol. The minimum atomic E-state index is -2.47. The number of unbranched alkanes of at least 4 members (excludes halogenated alkanes) is 19. The lowest BCUT2D eigenvalue weighted by Crippen LogP contribution is -2.31. The summed E-state index contributed by atoms with van der Waals surface area (Å²) in [5.74, 6) is 2.17. The number of nitrogens with zero attached hydrogens (tertiary/aromatic N) is 5. The van der Waals surface area contributed by atoms with Gasteiger partial charge >= 0.3 is 0 Å². The third-order valence-electron chi connectivity index (χ3n) is 11.7. The predicted octanol–water partition coefficient (Wildman–Crippen LogP) is 15.7. The monoisotopic (exact) mass is 1030 g/mol. The topological polar surface area (TPSA) is 86.1 Å². The van der Waals surface area contributed by atoms with Crippen molar-refractivity contribution in [3.8, 4) is 0 Å². The number of rotatable bonds is 49. The highest BCUT2D eigenvalue weighted by atomic mass is 32.9. The molecule has 0 spiro atoms. The van der Waals surface area contributed by atoms with E-state index in [1.807, 2.05) is 29.0 Å². The lowest BCUT2D eigenvalue weighted by Gasteiger charge is -2.27. The molecule has 1 heterocycles. The van der Waals surface area contributed by atoms with Gasteiger partial charge in [-0.15, -0.1) is 5.10 Å². The van der Waals surface area contributed by atoms with Gasteiger partial charge < -0.3 is 23.8 Å². The molecule has 0 unspecified atom stereocenters. The molecule has 0 bridgehead atoms. The first-order chi connectivity index (χ1) is 32.9. The number of hydrogen-bond acceptors (Lipinski definition) is 13. The van der Waals surface area contributed by atoms with E-state index in [1.54, 1.807) is 23.1 Å². The summed E-state index contributed by atoms with van der Waals surface area (Å²) in [6.45, 7) is 19.2. The number of hydrogen-bond donors (Lipinski definition) is 1. The van der Waals surface area contributed by atoms with Gasteiger partial charge in [-0.2, -0.15) is 0 Å². The van der Waals surface area contributed by atoms with Crippen molar-refractivity contribution in [3.05, 3.63) is 36.3 Å². The van der Waals surface area contributed by atoms with Gasteiger partial charge in [-0.3, -0.25) is 9.80 Å². The Morgan fingerprint density at radius 2 is 1.09 bits per heavy atom. The van der Waals surface area contributed by atoms with E-state index in [0.717, 1.165) is 118 Å². The molecule has 0 fully saturated rings. The molecule has 1 aromatic heterocycles. The molecule has 0 aliphatic rings. The molecule has 0 saturated heterocycles. The fourth-order valence-electron chi connectivity index (χ4n) is 7.45. The van der Waals surface area contributed by atoms with Crippen molar-refractivity contribution in [2.45, 2.75) is 208 Å². The first kappa shape index (κ1) is 62.3. The van der Waals surface area contributed by atoms with Gasteiger partial charge in [0.15, 0.2) is 0 Å². The molecule has 15 heteroatoms. The maximum absolute atomic E-state index is 6.29. The van der Waals surface area contributed by atoms with E-state index in [4.69, 9.17) is 42.5 Å². The van der Waals surface area contributed by atoms with Crippen LogP contribution in [0.1, 0.15) is 202 Å². The molecular weight excluding hydrogens is 932 g/mol. The van der Waals surface area contributed by atoms with E-state index in [9.17, 15) is 0 Å². The average molecular weight is 1030 g/mol. The van der Waals surface area contributed by atoms with Gasteiger partial charge in [-0.1, -0.05) is 209 Å². The van der Waals surface area contributed by atoms with Crippen LogP contribution in [0, 0.1) is 0 Å². The second kappa shape index (κ2) is 43.9. The molecule has 0 aliphatic carbocycles. The van der Waals surface area contributed by atoms with Crippen LogP contribution in [0.3, 0.4) is 0 Å². The van der Waals surface area contributed by atoms with E-state index >= 15 is 0 Å². The number of para-hydroxylation sites is 1. The molecule has 67 heavy (non-hydrogen) atoms. The number of nitrogens with one attached hydrogen (secondary N) is 1. The molecule has 0 saturated carbocycles. The summed E-state index contributed by atoms with van der Waals surface area (Å²) in [7, 11) is 0. The summed E-state index contributed by atoms with van der Waals surface area (Å²) in [6, 6.07) is 8.16. The van der Waals surface area contributed by atoms with Gasteiger partial charge in [-0.25, -0.2) is 4.68 Å². The maximum Gasteiger partial charge on any atom is 0.281 e. The van der Waals surface area contributed by atoms with Gasteiger partial charge in [-0.05, 0) is 88.5 Å². The van der Waals surface area contributed by atoms with Crippen molar-refractivity contribution in [2.75, 3.05) is 70.9 Å². The molecule has 388 valence electrons. The number of ether oxygens (including phenoxy) is 2. The lowest BCUT2D eigenvalue weighted by atomic mass is 10.0. The second-order valence-electron chi connectivity index (χ2n) is 18.0. The fraction of sp³-hybridized carbons (Fsp3) is 0.827. The van der Waals surface area contributed by atoms with Crippen LogP contribution in [0.15, 0.2) is 36.3 Å². The number of benzene rings is 1. The number of fused-ring (bicyclic) bond motifs is 1. The van der Waals surface area contributed by atoms with Crippen molar-refractivity contribution >= 4 is 68.1 Å². The Morgan fingerprint density at radius 1 is 0.612 bits per heavy atom. The Hall–Kier alpha value is -0.800. The van der Waals surface area contributed by atoms with Crippen LogP contribution in [0.4, 0.5) is 0 Å². The van der Waals surface area contributed by atoms with Gasteiger partial charge in [0.25, 0.3) is 5.95 Å². The summed E-state index contributed by atoms with van der Waals surface area (Å²) < 4.78 is 27.4. The van der Waals surface area contributed by atoms with Gasteiger partial charge in [0.05, 0.1) is 48.7 Å². The van der Waals surface area contributed by atoms with E-state index in [1.165, 1.54) is 103 Å². The van der Waals surface area contributed by atoms with Crippen molar-refractivity contribution in [2.24, 2.45) is 0 Å². The molecule has 0 amide bonds. The molecule has 10 nitrogen and oxygen atoms in total. The Morgan fingerprint density at radius 3 is 1.64 bits per heavy atom. The van der Waals surface area contributed by atoms with Crippen LogP contribution < -0.4 is 5.32 Å². The largest absolute Gasteiger partial charge is 0.465 e. The highest BCUT2D eigenvalue weighted by molar-refractivity contribution is 8.67. The highest BCUT2D eigenvalue weighted by Crippen LogP contribution is 2.61. The molecule has 1 N–H and O–H groups in total. The van der Waals surface area contributed by atoms with Crippen molar-refractivity contribution in [1.82, 2.24) is 30.1 Å². The summed E-state index contributed by atoms with van der Waals surface area (Å²) >= 11 is 15.3. The summed E-state index contributed by atoms with van der Waals surface area (Å²) in [4.78, 5) is 5.01. The van der Waals surface area contributed by atoms with E-state index in [-0.39, 0.29) is 0 Å². The molecular formula is C52H97N6O4PS4. The number of thioether (sulfide) groups is 1. The Balaban J connectivity index is 1.89. The van der Waals surface area contributed by atoms with Crippen LogP contribution >= 0.6 is 41.1 Å². The molecule has 1 aromatic carbocycles. The molecule has 0 aliphatic heterocycles. The zero-order valence-electron chi connectivity index (χ0n) is 43.2. The van der Waals surface area contributed by atoms with Crippen LogP contribution in [-0.2, 0) is 37.0 Å². The fourth-order valence-corrected chi connectivity index (χ4v) is 12.6. The van der Waals surface area contributed by atoms with E-state index in [2.05, 4.69) is 66.1 Å². The Labute approximate surface area is 429 Å². The average Bonchev–Trinajstić information content (AvgIpc) is 3.74. The zero-order valence-corrected chi connectivity index (χ0v) is 47.4. The maximum atomic E-state index is 6.29. The Bertz CT molecular complexity index is 1510. The normalized spacial score (nSPS) is 11.9. The van der Waals surface area contributed by atoms with Crippen molar-refractivity contribution in [3.63, 3.8) is 0 Å². The van der Waals surface area contributed by atoms with Crippen molar-refractivity contribution < 1.29 is 18.5 Å². The molecule has 0 radical (unpaired) electrons. The number of aromatic nitrogens is 3. The molecule has 2 aromatic rings. The molecule has 2 rings (SSSR count). The van der Waals surface area contributed by atoms with Gasteiger partial charge in [0.1, 0.15) is 5.52 Å². The SMILES string of the molecule is CCCCCCCCCCCCCCCCCCN(CCCNCCCN(CSP(=S)(OCCCC)OCCCC)Cn1nnc2ccccc21)CSC(=S)C=C(OCCCC)OCCCC. The van der Waals surface area contributed by atoms with E-state index in [0.29, 0.717) is 44.9 Å². The van der Waals surface area contributed by atoms with E-state index < -0.39 is 5.69 Å². The van der Waals surface area contributed by atoms with Crippen LogP contribution in [-0.4, -0.2) is 99.9 Å². The molecule has 0 atom stereocenters. The van der Waals surface area contributed by atoms with Crippen LogP contribution in [0.2, 0.25) is 0 Å². The minimum absolute atomic E-state index is 0.575. The summed E-state index contributed by atoms with van der Waals surface area (Å²) in [5, 5.41) is 12.7. The van der Waals surface area contributed by atoms with Gasteiger partial charge in [0, 0.05) is 25.0 Å². The minimum Gasteiger partial charge on any atom is -0.465 e. The third kappa shape index (κ3) is 33.5. The first-order valence-corrected chi connectivity index (χ1v) is 32.6. The summed E-state index contributed by atoms with van der Waals surface area (Å²) in [6.07, 6.45) is 34.5. The second-order valence-corrected chi connectivity index (χ2v) is 26.0. The number of thiocarbonyl (C=S) groups is 1. The smallest absolute Gasteiger partial charge is 0.281 e. The Kier molecular flexibility index (Phi) is 40.9. The van der Waals surface area contributed by atoms with Gasteiger partial charge in [0.2, 0.25) is 5.69 Å². The quantitative estimate of drug-likeness (QED) is 0.0171. The van der Waals surface area contributed by atoms with Crippen molar-refractivity contribution in [1.29, 1.82) is 0 Å². The summed E-state index contributed by atoms with van der Waals surface area (Å²) in [5.41, 5.74) is -0.531. The highest BCUT2D eigenvalue weighted by Gasteiger charge is 2.22. The third-order valence-corrected chi connectivity index (χ3v) is 18.4. The lowest BCUT2D eigenvalue weighted by molar-refractivity contribution is 0.0338. The van der Waals surface area contributed by atoms with Crippen LogP contribution in [0.5, 0.6) is 0 Å². The first-order valence-electron chi connectivity index (χ1n) is 27.0.